The maximum Gasteiger partial charge on any atom is 0.251 e. The fraction of sp³-hybridized carbons (Fsp3) is 0.235. The molecule has 3 nitrogen and oxygen atoms in total. The standard InChI is InChI=1S/C17H20N2O/c1-13-6-5-9-15(12-13)17(20)19-11-10-16(18)14-7-3-2-4-8-14/h2-9,12,16H,10-11,18H2,1H3,(H,19,20). The molecule has 0 fully saturated rings. The van der Waals surface area contributed by atoms with E-state index in [0.29, 0.717) is 12.1 Å². The van der Waals surface area contributed by atoms with Crippen molar-refractivity contribution in [3.63, 3.8) is 0 Å². The van der Waals surface area contributed by atoms with E-state index in [2.05, 4.69) is 5.32 Å². The molecule has 1 amide bonds. The maximum atomic E-state index is 12.0. The van der Waals surface area contributed by atoms with E-state index in [1.165, 1.54) is 0 Å². The Kier molecular flexibility index (Phi) is 4.91. The summed E-state index contributed by atoms with van der Waals surface area (Å²) in [4.78, 5) is 12.0. The van der Waals surface area contributed by atoms with Gasteiger partial charge in [-0.15, -0.1) is 0 Å². The number of carbonyl (C=O) groups is 1. The van der Waals surface area contributed by atoms with E-state index in [9.17, 15) is 4.79 Å². The Hall–Kier alpha value is -2.13. The quantitative estimate of drug-likeness (QED) is 0.876. The van der Waals surface area contributed by atoms with E-state index >= 15 is 0 Å². The van der Waals surface area contributed by atoms with Gasteiger partial charge >= 0.3 is 0 Å². The van der Waals surface area contributed by atoms with Crippen LogP contribution in [0, 0.1) is 6.92 Å². The molecule has 20 heavy (non-hydrogen) atoms. The Labute approximate surface area is 119 Å². The van der Waals surface area contributed by atoms with Gasteiger partial charge in [-0.1, -0.05) is 48.0 Å². The molecule has 1 unspecified atom stereocenters. The van der Waals surface area contributed by atoms with Crippen molar-refractivity contribution >= 4 is 5.91 Å². The van der Waals surface area contributed by atoms with Gasteiger partial charge < -0.3 is 11.1 Å². The second-order valence-corrected chi connectivity index (χ2v) is 4.93. The highest BCUT2D eigenvalue weighted by Gasteiger charge is 2.08. The lowest BCUT2D eigenvalue weighted by Crippen LogP contribution is -2.27. The molecule has 0 saturated heterocycles. The molecule has 0 bridgehead atoms. The lowest BCUT2D eigenvalue weighted by atomic mass is 10.0. The van der Waals surface area contributed by atoms with Crippen LogP contribution >= 0.6 is 0 Å². The van der Waals surface area contributed by atoms with Crippen LogP contribution in [0.15, 0.2) is 54.6 Å². The second-order valence-electron chi connectivity index (χ2n) is 4.93. The predicted molar refractivity (Wildman–Crippen MR) is 81.5 cm³/mol. The first kappa shape index (κ1) is 14.3. The number of rotatable bonds is 5. The van der Waals surface area contributed by atoms with Gasteiger partial charge in [-0.3, -0.25) is 4.79 Å². The van der Waals surface area contributed by atoms with Crippen LogP contribution in [-0.4, -0.2) is 12.5 Å². The van der Waals surface area contributed by atoms with Crippen LogP contribution in [0.3, 0.4) is 0 Å². The number of nitrogens with one attached hydrogen (secondary N) is 1. The molecular formula is C17H20N2O. The second kappa shape index (κ2) is 6.87. The van der Waals surface area contributed by atoms with Gasteiger partial charge in [-0.25, -0.2) is 0 Å². The van der Waals surface area contributed by atoms with E-state index in [4.69, 9.17) is 5.73 Å². The van der Waals surface area contributed by atoms with Gasteiger partial charge in [0.15, 0.2) is 0 Å². The fourth-order valence-corrected chi connectivity index (χ4v) is 2.10. The first-order chi connectivity index (χ1) is 9.66. The zero-order valence-corrected chi connectivity index (χ0v) is 11.7. The van der Waals surface area contributed by atoms with E-state index in [0.717, 1.165) is 17.5 Å². The molecule has 0 radical (unpaired) electrons. The van der Waals surface area contributed by atoms with Gasteiger partial charge in [0.1, 0.15) is 0 Å². The molecule has 104 valence electrons. The first-order valence-electron chi connectivity index (χ1n) is 6.82. The molecule has 0 aromatic heterocycles. The van der Waals surface area contributed by atoms with Crippen molar-refractivity contribution in [1.82, 2.24) is 5.32 Å². The lowest BCUT2D eigenvalue weighted by Gasteiger charge is -2.12. The summed E-state index contributed by atoms with van der Waals surface area (Å²) in [6.07, 6.45) is 0.724. The zero-order chi connectivity index (χ0) is 14.4. The summed E-state index contributed by atoms with van der Waals surface area (Å²) in [5, 5.41) is 2.91. The summed E-state index contributed by atoms with van der Waals surface area (Å²) in [6.45, 7) is 2.55. The third-order valence-corrected chi connectivity index (χ3v) is 3.25. The summed E-state index contributed by atoms with van der Waals surface area (Å²) >= 11 is 0. The normalized spacial score (nSPS) is 11.9. The molecule has 0 aliphatic heterocycles. The van der Waals surface area contributed by atoms with Crippen LogP contribution in [-0.2, 0) is 0 Å². The predicted octanol–water partition coefficient (Wildman–Crippen LogP) is 2.81. The monoisotopic (exact) mass is 268 g/mol. The fourth-order valence-electron chi connectivity index (χ4n) is 2.10. The van der Waals surface area contributed by atoms with Gasteiger partial charge in [0.25, 0.3) is 5.91 Å². The molecule has 3 heteroatoms. The van der Waals surface area contributed by atoms with Crippen LogP contribution in [0.25, 0.3) is 0 Å². The van der Waals surface area contributed by atoms with Gasteiger partial charge in [-0.05, 0) is 31.0 Å². The first-order valence-corrected chi connectivity index (χ1v) is 6.82. The maximum absolute atomic E-state index is 12.0. The van der Waals surface area contributed by atoms with Gasteiger partial charge in [-0.2, -0.15) is 0 Å². The van der Waals surface area contributed by atoms with Crippen molar-refractivity contribution in [3.8, 4) is 0 Å². The van der Waals surface area contributed by atoms with Crippen molar-refractivity contribution in [2.24, 2.45) is 5.73 Å². The Bertz CT molecular complexity index is 566. The van der Waals surface area contributed by atoms with Crippen molar-refractivity contribution in [3.05, 3.63) is 71.3 Å². The number of aryl methyl sites for hydroxylation is 1. The number of carbonyl (C=O) groups excluding carboxylic acids is 1. The van der Waals surface area contributed by atoms with Crippen LogP contribution in [0.2, 0.25) is 0 Å². The highest BCUT2D eigenvalue weighted by atomic mass is 16.1. The number of hydrogen-bond donors (Lipinski definition) is 2. The minimum atomic E-state index is -0.0473. The van der Waals surface area contributed by atoms with E-state index in [1.807, 2.05) is 61.5 Å². The molecule has 2 rings (SSSR count). The zero-order valence-electron chi connectivity index (χ0n) is 11.7. The Morgan fingerprint density at radius 1 is 1.15 bits per heavy atom. The van der Waals surface area contributed by atoms with E-state index < -0.39 is 0 Å². The number of benzene rings is 2. The molecule has 2 aromatic rings. The molecule has 0 aliphatic rings. The number of amides is 1. The molecule has 1 atom stereocenters. The summed E-state index contributed by atoms with van der Waals surface area (Å²) in [5.41, 5.74) is 8.96. The average Bonchev–Trinajstić information content (AvgIpc) is 2.48. The van der Waals surface area contributed by atoms with E-state index in [1.54, 1.807) is 0 Å². The summed E-state index contributed by atoms with van der Waals surface area (Å²) in [6, 6.07) is 17.4. The molecule has 2 aromatic carbocycles. The van der Waals surface area contributed by atoms with Crippen LogP contribution in [0.4, 0.5) is 0 Å². The SMILES string of the molecule is Cc1cccc(C(=O)NCCC(N)c2ccccc2)c1. The number of hydrogen-bond acceptors (Lipinski definition) is 2. The third-order valence-electron chi connectivity index (χ3n) is 3.25. The van der Waals surface area contributed by atoms with Crippen LogP contribution < -0.4 is 11.1 Å². The van der Waals surface area contributed by atoms with Crippen LogP contribution in [0.5, 0.6) is 0 Å². The van der Waals surface area contributed by atoms with Gasteiger partial charge in [0, 0.05) is 18.2 Å². The largest absolute Gasteiger partial charge is 0.352 e. The minimum absolute atomic E-state index is 0.0472. The molecule has 0 aliphatic carbocycles. The summed E-state index contributed by atoms with van der Waals surface area (Å²) in [7, 11) is 0. The smallest absolute Gasteiger partial charge is 0.251 e. The van der Waals surface area contributed by atoms with Crippen LogP contribution in [0.1, 0.15) is 33.9 Å². The number of nitrogens with two attached hydrogens (primary N) is 1. The molecular weight excluding hydrogens is 248 g/mol. The average molecular weight is 268 g/mol. The molecule has 0 saturated carbocycles. The third kappa shape index (κ3) is 3.93. The highest BCUT2D eigenvalue weighted by Crippen LogP contribution is 2.12. The van der Waals surface area contributed by atoms with Crippen molar-refractivity contribution < 1.29 is 4.79 Å². The minimum Gasteiger partial charge on any atom is -0.352 e. The summed E-state index contributed by atoms with van der Waals surface area (Å²) < 4.78 is 0. The highest BCUT2D eigenvalue weighted by molar-refractivity contribution is 5.94. The molecule has 3 N–H and O–H groups in total. The Morgan fingerprint density at radius 3 is 2.60 bits per heavy atom. The molecule has 0 heterocycles. The van der Waals surface area contributed by atoms with Crippen molar-refractivity contribution in [2.45, 2.75) is 19.4 Å². The van der Waals surface area contributed by atoms with E-state index in [-0.39, 0.29) is 11.9 Å². The van der Waals surface area contributed by atoms with Crippen molar-refractivity contribution in [2.75, 3.05) is 6.54 Å². The van der Waals surface area contributed by atoms with Crippen molar-refractivity contribution in [1.29, 1.82) is 0 Å². The molecule has 0 spiro atoms. The summed E-state index contributed by atoms with van der Waals surface area (Å²) in [5.74, 6) is -0.0473. The lowest BCUT2D eigenvalue weighted by molar-refractivity contribution is 0.0952. The Balaban J connectivity index is 1.83. The van der Waals surface area contributed by atoms with Gasteiger partial charge in [0.2, 0.25) is 0 Å². The topological polar surface area (TPSA) is 55.1 Å². The Morgan fingerprint density at radius 2 is 1.90 bits per heavy atom. The van der Waals surface area contributed by atoms with Gasteiger partial charge in [0.05, 0.1) is 0 Å².